The van der Waals surface area contributed by atoms with E-state index in [9.17, 15) is 4.79 Å². The summed E-state index contributed by atoms with van der Waals surface area (Å²) in [6.45, 7) is 6.10. The molecule has 1 aliphatic heterocycles. The Bertz CT molecular complexity index is 180. The Morgan fingerprint density at radius 2 is 2.00 bits per heavy atom. The van der Waals surface area contributed by atoms with Crippen LogP contribution in [0.15, 0.2) is 12.2 Å². The van der Waals surface area contributed by atoms with E-state index in [-0.39, 0.29) is 5.78 Å². The minimum Gasteiger partial charge on any atom is -0.297 e. The zero-order valence-corrected chi connectivity index (χ0v) is 7.92. The SMILES string of the molecule is CC(=O)/C=C/[C@H](C)N1CCCC1. The van der Waals surface area contributed by atoms with E-state index in [2.05, 4.69) is 11.8 Å². The molecule has 1 aliphatic rings. The van der Waals surface area contributed by atoms with E-state index in [4.69, 9.17) is 0 Å². The van der Waals surface area contributed by atoms with Gasteiger partial charge in [-0.1, -0.05) is 6.08 Å². The van der Waals surface area contributed by atoms with Crippen molar-refractivity contribution in [3.05, 3.63) is 12.2 Å². The number of nitrogens with zero attached hydrogens (tertiary/aromatic N) is 1. The minimum atomic E-state index is 0.140. The van der Waals surface area contributed by atoms with Crippen LogP contribution in [0.3, 0.4) is 0 Å². The molecule has 12 heavy (non-hydrogen) atoms. The summed E-state index contributed by atoms with van der Waals surface area (Å²) in [7, 11) is 0. The summed E-state index contributed by atoms with van der Waals surface area (Å²) in [6, 6.07) is 0.427. The van der Waals surface area contributed by atoms with E-state index >= 15 is 0 Å². The van der Waals surface area contributed by atoms with E-state index in [1.807, 2.05) is 6.08 Å². The highest BCUT2D eigenvalue weighted by atomic mass is 16.1. The van der Waals surface area contributed by atoms with Gasteiger partial charge in [0.15, 0.2) is 5.78 Å². The van der Waals surface area contributed by atoms with Gasteiger partial charge < -0.3 is 0 Å². The summed E-state index contributed by atoms with van der Waals surface area (Å²) in [5.41, 5.74) is 0. The van der Waals surface area contributed by atoms with E-state index in [0.29, 0.717) is 6.04 Å². The van der Waals surface area contributed by atoms with Crippen molar-refractivity contribution >= 4 is 5.78 Å². The predicted molar refractivity (Wildman–Crippen MR) is 50.1 cm³/mol. The number of hydrogen-bond donors (Lipinski definition) is 0. The Morgan fingerprint density at radius 3 is 2.50 bits per heavy atom. The molecule has 0 N–H and O–H groups in total. The fourth-order valence-electron chi connectivity index (χ4n) is 1.55. The number of likely N-dealkylation sites (tertiary alicyclic amines) is 1. The van der Waals surface area contributed by atoms with Gasteiger partial charge in [0, 0.05) is 6.04 Å². The predicted octanol–water partition coefficient (Wildman–Crippen LogP) is 1.62. The first-order chi connectivity index (χ1) is 5.70. The summed E-state index contributed by atoms with van der Waals surface area (Å²) in [5, 5.41) is 0. The van der Waals surface area contributed by atoms with Crippen molar-refractivity contribution in [1.82, 2.24) is 4.90 Å². The number of hydrogen-bond acceptors (Lipinski definition) is 2. The second-order valence-corrected chi connectivity index (χ2v) is 3.45. The van der Waals surface area contributed by atoms with Gasteiger partial charge in [-0.05, 0) is 45.9 Å². The average Bonchev–Trinajstić information content (AvgIpc) is 2.51. The van der Waals surface area contributed by atoms with E-state index in [1.54, 1.807) is 13.0 Å². The maximum Gasteiger partial charge on any atom is 0.152 e. The highest BCUT2D eigenvalue weighted by Gasteiger charge is 2.15. The first-order valence-electron chi connectivity index (χ1n) is 4.63. The summed E-state index contributed by atoms with van der Waals surface area (Å²) < 4.78 is 0. The van der Waals surface area contributed by atoms with Crippen LogP contribution in [0.2, 0.25) is 0 Å². The zero-order valence-electron chi connectivity index (χ0n) is 7.92. The average molecular weight is 167 g/mol. The van der Waals surface area contributed by atoms with Gasteiger partial charge >= 0.3 is 0 Å². The fraction of sp³-hybridized carbons (Fsp3) is 0.700. The number of carbonyl (C=O) groups excluding carboxylic acids is 1. The quantitative estimate of drug-likeness (QED) is 0.595. The number of rotatable bonds is 3. The van der Waals surface area contributed by atoms with Gasteiger partial charge in [-0.15, -0.1) is 0 Å². The van der Waals surface area contributed by atoms with Crippen LogP contribution in [0.4, 0.5) is 0 Å². The molecule has 1 fully saturated rings. The van der Waals surface area contributed by atoms with Crippen molar-refractivity contribution in [2.45, 2.75) is 32.7 Å². The molecular weight excluding hydrogens is 150 g/mol. The van der Waals surface area contributed by atoms with E-state index < -0.39 is 0 Å². The Balaban J connectivity index is 2.36. The van der Waals surface area contributed by atoms with Crippen molar-refractivity contribution in [3.8, 4) is 0 Å². The third-order valence-electron chi connectivity index (χ3n) is 2.33. The van der Waals surface area contributed by atoms with E-state index in [1.165, 1.54) is 25.9 Å². The lowest BCUT2D eigenvalue weighted by Gasteiger charge is -2.19. The van der Waals surface area contributed by atoms with Crippen molar-refractivity contribution in [1.29, 1.82) is 0 Å². The normalized spacial score (nSPS) is 21.8. The molecule has 0 saturated carbocycles. The lowest BCUT2D eigenvalue weighted by molar-refractivity contribution is -0.112. The molecule has 2 heteroatoms. The number of allylic oxidation sites excluding steroid dienone is 1. The molecule has 0 unspecified atom stereocenters. The van der Waals surface area contributed by atoms with E-state index in [0.717, 1.165) is 0 Å². The first-order valence-corrected chi connectivity index (χ1v) is 4.63. The number of carbonyl (C=O) groups is 1. The lowest BCUT2D eigenvalue weighted by Crippen LogP contribution is -2.28. The Hall–Kier alpha value is -0.630. The highest BCUT2D eigenvalue weighted by Crippen LogP contribution is 2.11. The third kappa shape index (κ3) is 2.78. The molecule has 0 aliphatic carbocycles. The molecular formula is C10H17NO. The molecule has 0 amide bonds. The van der Waals surface area contributed by atoms with Gasteiger partial charge in [-0.3, -0.25) is 9.69 Å². The molecule has 0 radical (unpaired) electrons. The highest BCUT2D eigenvalue weighted by molar-refractivity contribution is 5.87. The van der Waals surface area contributed by atoms with Gasteiger partial charge in [0.2, 0.25) is 0 Å². The van der Waals surface area contributed by atoms with Crippen LogP contribution in [-0.4, -0.2) is 29.8 Å². The Kier molecular flexibility index (Phi) is 3.48. The second-order valence-electron chi connectivity index (χ2n) is 3.45. The van der Waals surface area contributed by atoms with Crippen molar-refractivity contribution < 1.29 is 4.79 Å². The molecule has 1 heterocycles. The van der Waals surface area contributed by atoms with Gasteiger partial charge in [0.1, 0.15) is 0 Å². The molecule has 1 atom stereocenters. The monoisotopic (exact) mass is 167 g/mol. The molecule has 1 saturated heterocycles. The van der Waals surface area contributed by atoms with Gasteiger partial charge in [-0.25, -0.2) is 0 Å². The molecule has 0 aromatic carbocycles. The lowest BCUT2D eigenvalue weighted by atomic mass is 10.2. The molecule has 1 rings (SSSR count). The first kappa shape index (κ1) is 9.46. The fourth-order valence-corrected chi connectivity index (χ4v) is 1.55. The van der Waals surface area contributed by atoms with Crippen LogP contribution in [0.1, 0.15) is 26.7 Å². The topological polar surface area (TPSA) is 20.3 Å². The molecule has 0 bridgehead atoms. The van der Waals surface area contributed by atoms with Gasteiger partial charge in [0.05, 0.1) is 0 Å². The molecule has 0 spiro atoms. The van der Waals surface area contributed by atoms with Crippen molar-refractivity contribution in [3.63, 3.8) is 0 Å². The maximum atomic E-state index is 10.7. The largest absolute Gasteiger partial charge is 0.297 e. The number of ketones is 1. The maximum absolute atomic E-state index is 10.7. The van der Waals surface area contributed by atoms with Crippen LogP contribution >= 0.6 is 0 Å². The Labute approximate surface area is 74.2 Å². The molecule has 2 nitrogen and oxygen atoms in total. The summed E-state index contributed by atoms with van der Waals surface area (Å²) in [6.07, 6.45) is 6.27. The van der Waals surface area contributed by atoms with Crippen molar-refractivity contribution in [2.75, 3.05) is 13.1 Å². The molecule has 0 aromatic heterocycles. The molecule has 0 aromatic rings. The van der Waals surface area contributed by atoms with Gasteiger partial charge in [0.25, 0.3) is 0 Å². The summed E-state index contributed by atoms with van der Waals surface area (Å²) >= 11 is 0. The van der Waals surface area contributed by atoms with Crippen LogP contribution in [0, 0.1) is 0 Å². The third-order valence-corrected chi connectivity index (χ3v) is 2.33. The zero-order chi connectivity index (χ0) is 8.97. The summed E-state index contributed by atoms with van der Waals surface area (Å²) in [4.78, 5) is 13.1. The standard InChI is InChI=1S/C10H17NO/c1-9(5-6-10(2)12)11-7-3-4-8-11/h5-6,9H,3-4,7-8H2,1-2H3/b6-5+/t9-/m0/s1. The van der Waals surface area contributed by atoms with Crippen LogP contribution in [0.25, 0.3) is 0 Å². The minimum absolute atomic E-state index is 0.140. The van der Waals surface area contributed by atoms with Gasteiger partial charge in [-0.2, -0.15) is 0 Å². The molecule has 68 valence electrons. The van der Waals surface area contributed by atoms with Crippen LogP contribution < -0.4 is 0 Å². The Morgan fingerprint density at radius 1 is 1.42 bits per heavy atom. The van der Waals surface area contributed by atoms with Crippen molar-refractivity contribution in [2.24, 2.45) is 0 Å². The van der Waals surface area contributed by atoms with Crippen LogP contribution in [0.5, 0.6) is 0 Å². The summed E-state index contributed by atoms with van der Waals surface area (Å²) in [5.74, 6) is 0.140. The van der Waals surface area contributed by atoms with Crippen LogP contribution in [-0.2, 0) is 4.79 Å². The smallest absolute Gasteiger partial charge is 0.152 e. The second kappa shape index (κ2) is 4.41.